The molecule has 0 bridgehead atoms. The maximum absolute atomic E-state index is 11.5. The van der Waals surface area contributed by atoms with Crippen LogP contribution in [-0.2, 0) is 11.3 Å². The number of carbonyl (C=O) groups is 1. The predicted molar refractivity (Wildman–Crippen MR) is 58.4 cm³/mol. The van der Waals surface area contributed by atoms with E-state index < -0.39 is 0 Å². The number of hydrogen-bond acceptors (Lipinski definition) is 2. The lowest BCUT2D eigenvalue weighted by molar-refractivity contribution is -0.128. The first-order chi connectivity index (χ1) is 7.15. The summed E-state index contributed by atoms with van der Waals surface area (Å²) < 4.78 is 0. The van der Waals surface area contributed by atoms with Crippen LogP contribution in [0.25, 0.3) is 0 Å². The molecule has 1 aliphatic rings. The van der Waals surface area contributed by atoms with Crippen LogP contribution in [0, 0.1) is 5.92 Å². The Bertz CT molecular complexity index is 381. The van der Waals surface area contributed by atoms with Crippen LogP contribution in [0.5, 0.6) is 0 Å². The lowest BCUT2D eigenvalue weighted by atomic mass is 10.2. The largest absolute Gasteiger partial charge is 0.337 e. The smallest absolute Gasteiger partial charge is 0.223 e. The summed E-state index contributed by atoms with van der Waals surface area (Å²) in [6.07, 6.45) is 0.653. The van der Waals surface area contributed by atoms with Gasteiger partial charge in [-0.1, -0.05) is 24.6 Å². The minimum atomic E-state index is 0.212. The molecule has 1 atom stereocenters. The zero-order valence-electron chi connectivity index (χ0n) is 8.61. The maximum Gasteiger partial charge on any atom is 0.223 e. The molecular formula is C11H13ClN2O. The molecule has 1 amide bonds. The van der Waals surface area contributed by atoms with Crippen LogP contribution in [0.1, 0.15) is 19.0 Å². The Balaban J connectivity index is 2.06. The number of hydrogen-bond donors (Lipinski definition) is 0. The highest BCUT2D eigenvalue weighted by atomic mass is 35.5. The molecule has 0 aliphatic carbocycles. The molecule has 80 valence electrons. The Kier molecular flexibility index (Phi) is 2.91. The Labute approximate surface area is 94.1 Å². The van der Waals surface area contributed by atoms with Crippen LogP contribution in [0.3, 0.4) is 0 Å². The van der Waals surface area contributed by atoms with Gasteiger partial charge in [-0.3, -0.25) is 4.79 Å². The van der Waals surface area contributed by atoms with E-state index in [2.05, 4.69) is 11.9 Å². The van der Waals surface area contributed by atoms with Crippen LogP contribution >= 0.6 is 11.6 Å². The van der Waals surface area contributed by atoms with E-state index in [1.54, 1.807) is 6.07 Å². The number of carbonyl (C=O) groups excluding carboxylic acids is 1. The molecule has 1 fully saturated rings. The van der Waals surface area contributed by atoms with Crippen molar-refractivity contribution in [3.63, 3.8) is 0 Å². The average Bonchev–Trinajstić information content (AvgIpc) is 2.45. The number of halogens is 1. The van der Waals surface area contributed by atoms with Crippen molar-refractivity contribution in [3.8, 4) is 0 Å². The van der Waals surface area contributed by atoms with Gasteiger partial charge in [-0.15, -0.1) is 0 Å². The molecule has 1 saturated heterocycles. The van der Waals surface area contributed by atoms with Crippen molar-refractivity contribution in [2.24, 2.45) is 5.92 Å². The van der Waals surface area contributed by atoms with Crippen LogP contribution in [0.2, 0.25) is 5.15 Å². The summed E-state index contributed by atoms with van der Waals surface area (Å²) in [5.41, 5.74) is 0.852. The zero-order chi connectivity index (χ0) is 10.8. The molecule has 1 aromatic rings. The molecule has 0 N–H and O–H groups in total. The molecule has 1 unspecified atom stereocenters. The van der Waals surface area contributed by atoms with Crippen molar-refractivity contribution in [2.75, 3.05) is 6.54 Å². The number of pyridine rings is 1. The van der Waals surface area contributed by atoms with Crippen molar-refractivity contribution >= 4 is 17.5 Å². The van der Waals surface area contributed by atoms with Crippen molar-refractivity contribution in [2.45, 2.75) is 19.9 Å². The fourth-order valence-corrected chi connectivity index (χ4v) is 2.04. The molecule has 15 heavy (non-hydrogen) atoms. The van der Waals surface area contributed by atoms with Crippen molar-refractivity contribution in [3.05, 3.63) is 29.0 Å². The minimum absolute atomic E-state index is 0.212. The first-order valence-electron chi connectivity index (χ1n) is 5.04. The summed E-state index contributed by atoms with van der Waals surface area (Å²) in [7, 11) is 0. The quantitative estimate of drug-likeness (QED) is 0.721. The number of likely N-dealkylation sites (tertiary alicyclic amines) is 1. The highest BCUT2D eigenvalue weighted by Gasteiger charge is 2.26. The lowest BCUT2D eigenvalue weighted by Crippen LogP contribution is -2.24. The molecule has 4 heteroatoms. The third-order valence-corrected chi connectivity index (χ3v) is 2.74. The van der Waals surface area contributed by atoms with Crippen molar-refractivity contribution < 1.29 is 4.79 Å². The van der Waals surface area contributed by atoms with Gasteiger partial charge < -0.3 is 4.90 Å². The van der Waals surface area contributed by atoms with Gasteiger partial charge in [0.2, 0.25) is 5.91 Å². The molecule has 2 heterocycles. The van der Waals surface area contributed by atoms with Gasteiger partial charge in [-0.25, -0.2) is 4.98 Å². The van der Waals surface area contributed by atoms with E-state index in [4.69, 9.17) is 11.6 Å². The summed E-state index contributed by atoms with van der Waals surface area (Å²) >= 11 is 5.78. The fraction of sp³-hybridized carbons (Fsp3) is 0.455. The van der Waals surface area contributed by atoms with Crippen LogP contribution < -0.4 is 0 Å². The van der Waals surface area contributed by atoms with Gasteiger partial charge in [0.05, 0.1) is 12.2 Å². The Morgan fingerprint density at radius 2 is 2.40 bits per heavy atom. The summed E-state index contributed by atoms with van der Waals surface area (Å²) in [6.45, 7) is 3.49. The molecule has 0 saturated carbocycles. The molecule has 0 radical (unpaired) electrons. The highest BCUT2D eigenvalue weighted by molar-refractivity contribution is 6.29. The van der Waals surface area contributed by atoms with E-state index in [9.17, 15) is 4.79 Å². The third-order valence-electron chi connectivity index (χ3n) is 2.53. The molecule has 1 aromatic heterocycles. The molecule has 3 nitrogen and oxygen atoms in total. The van der Waals surface area contributed by atoms with E-state index >= 15 is 0 Å². The van der Waals surface area contributed by atoms with E-state index in [1.807, 2.05) is 17.0 Å². The first kappa shape index (κ1) is 10.4. The number of aromatic nitrogens is 1. The fourth-order valence-electron chi connectivity index (χ4n) is 1.86. The summed E-state index contributed by atoms with van der Waals surface area (Å²) in [5, 5.41) is 0.479. The minimum Gasteiger partial charge on any atom is -0.337 e. The van der Waals surface area contributed by atoms with Gasteiger partial charge in [0.25, 0.3) is 0 Å². The molecular weight excluding hydrogens is 212 g/mol. The highest BCUT2D eigenvalue weighted by Crippen LogP contribution is 2.19. The maximum atomic E-state index is 11.5. The molecule has 2 rings (SSSR count). The second-order valence-electron chi connectivity index (χ2n) is 4.04. The molecule has 0 aromatic carbocycles. The second-order valence-corrected chi connectivity index (χ2v) is 4.42. The monoisotopic (exact) mass is 224 g/mol. The summed E-state index contributed by atoms with van der Waals surface area (Å²) in [5.74, 6) is 0.668. The Morgan fingerprint density at radius 3 is 3.00 bits per heavy atom. The SMILES string of the molecule is CC1CC(=O)N(Cc2cccc(Cl)n2)C1. The third kappa shape index (κ3) is 2.48. The van der Waals surface area contributed by atoms with E-state index in [0.717, 1.165) is 12.2 Å². The number of nitrogens with zero attached hydrogens (tertiary/aromatic N) is 2. The predicted octanol–water partition coefficient (Wildman–Crippen LogP) is 2.10. The number of amides is 1. The van der Waals surface area contributed by atoms with Gasteiger partial charge >= 0.3 is 0 Å². The van der Waals surface area contributed by atoms with Gasteiger partial charge in [0.1, 0.15) is 5.15 Å². The van der Waals surface area contributed by atoms with Gasteiger partial charge in [-0.05, 0) is 18.1 Å². The second kappa shape index (κ2) is 4.19. The lowest BCUT2D eigenvalue weighted by Gasteiger charge is -2.15. The van der Waals surface area contributed by atoms with E-state index in [1.165, 1.54) is 0 Å². The summed E-state index contributed by atoms with van der Waals surface area (Å²) in [6, 6.07) is 5.48. The van der Waals surface area contributed by atoms with Gasteiger partial charge in [0, 0.05) is 13.0 Å². The van der Waals surface area contributed by atoms with Crippen molar-refractivity contribution in [1.29, 1.82) is 0 Å². The first-order valence-corrected chi connectivity index (χ1v) is 5.42. The zero-order valence-corrected chi connectivity index (χ0v) is 9.37. The number of rotatable bonds is 2. The van der Waals surface area contributed by atoms with Gasteiger partial charge in [0.15, 0.2) is 0 Å². The van der Waals surface area contributed by atoms with Crippen LogP contribution in [0.15, 0.2) is 18.2 Å². The normalized spacial score (nSPS) is 21.1. The van der Waals surface area contributed by atoms with E-state index in [-0.39, 0.29) is 5.91 Å². The standard InChI is InChI=1S/C11H13ClN2O/c1-8-5-11(15)14(6-8)7-9-3-2-4-10(12)13-9/h2-4,8H,5-7H2,1H3. The Hall–Kier alpha value is -1.09. The Morgan fingerprint density at radius 1 is 1.60 bits per heavy atom. The molecule has 1 aliphatic heterocycles. The van der Waals surface area contributed by atoms with Crippen molar-refractivity contribution in [1.82, 2.24) is 9.88 Å². The van der Waals surface area contributed by atoms with Crippen LogP contribution in [0.4, 0.5) is 0 Å². The summed E-state index contributed by atoms with van der Waals surface area (Å²) in [4.78, 5) is 17.5. The molecule has 0 spiro atoms. The van der Waals surface area contributed by atoms with Gasteiger partial charge in [-0.2, -0.15) is 0 Å². The topological polar surface area (TPSA) is 33.2 Å². The van der Waals surface area contributed by atoms with Crippen LogP contribution in [-0.4, -0.2) is 22.3 Å². The van der Waals surface area contributed by atoms with E-state index in [0.29, 0.717) is 24.0 Å². The average molecular weight is 225 g/mol.